The van der Waals surface area contributed by atoms with Crippen molar-refractivity contribution in [3.63, 3.8) is 0 Å². The Morgan fingerprint density at radius 3 is 2.11 bits per heavy atom. The molecular weight excluding hydrogens is 228 g/mol. The second-order valence-corrected chi connectivity index (χ2v) is 5.19. The molecule has 0 aliphatic carbocycles. The van der Waals surface area contributed by atoms with Crippen molar-refractivity contribution in [3.8, 4) is 0 Å². The van der Waals surface area contributed by atoms with Gasteiger partial charge in [0, 0.05) is 17.3 Å². The van der Waals surface area contributed by atoms with Crippen molar-refractivity contribution < 1.29 is 9.59 Å². The Kier molecular flexibility index (Phi) is 4.33. The Morgan fingerprint density at radius 1 is 1.17 bits per heavy atom. The molecule has 0 aliphatic rings. The van der Waals surface area contributed by atoms with Crippen LogP contribution in [0.15, 0.2) is 0 Å². The van der Waals surface area contributed by atoms with Crippen LogP contribution in [0.5, 0.6) is 0 Å². The van der Waals surface area contributed by atoms with Gasteiger partial charge >= 0.3 is 0 Å². The molecule has 0 aromatic carbocycles. The molecular formula is C14H22N2O2. The fraction of sp³-hybridized carbons (Fsp3) is 0.571. The van der Waals surface area contributed by atoms with Gasteiger partial charge in [0.05, 0.1) is 0 Å². The Morgan fingerprint density at radius 2 is 1.72 bits per heavy atom. The van der Waals surface area contributed by atoms with Gasteiger partial charge in [-0.2, -0.15) is 0 Å². The van der Waals surface area contributed by atoms with Crippen LogP contribution in [0.3, 0.4) is 0 Å². The number of Topliss-reactive ketones (excluding diaryl/α,β-unsaturated/α-hetero) is 1. The summed E-state index contributed by atoms with van der Waals surface area (Å²) < 4.78 is 0. The van der Waals surface area contributed by atoms with Crippen molar-refractivity contribution in [3.05, 3.63) is 22.5 Å². The molecule has 1 aromatic heterocycles. The van der Waals surface area contributed by atoms with Gasteiger partial charge in [-0.1, -0.05) is 13.8 Å². The second-order valence-electron chi connectivity index (χ2n) is 5.19. The second kappa shape index (κ2) is 5.38. The van der Waals surface area contributed by atoms with Gasteiger partial charge in [-0.3, -0.25) is 9.59 Å². The first-order valence-corrected chi connectivity index (χ1v) is 6.26. The average Bonchev–Trinajstić information content (AvgIpc) is 2.53. The third-order valence-electron chi connectivity index (χ3n) is 3.38. The monoisotopic (exact) mass is 250 g/mol. The lowest BCUT2D eigenvalue weighted by Crippen LogP contribution is -2.36. The SMILES string of the molecule is CC(=O)c1c(C)[nH]c(C(=O)N[C@@H](C)C(C)C)c1C. The van der Waals surface area contributed by atoms with Gasteiger partial charge in [0.1, 0.15) is 5.69 Å². The fourth-order valence-corrected chi connectivity index (χ4v) is 1.95. The first kappa shape index (κ1) is 14.5. The van der Waals surface area contributed by atoms with E-state index in [-0.39, 0.29) is 17.7 Å². The zero-order chi connectivity index (χ0) is 14.0. The molecule has 4 heteroatoms. The van der Waals surface area contributed by atoms with Crippen molar-refractivity contribution in [1.82, 2.24) is 10.3 Å². The topological polar surface area (TPSA) is 62.0 Å². The molecule has 1 atom stereocenters. The van der Waals surface area contributed by atoms with Crippen LogP contribution in [0.4, 0.5) is 0 Å². The number of hydrogen-bond donors (Lipinski definition) is 2. The number of ketones is 1. The molecule has 1 heterocycles. The number of aromatic nitrogens is 1. The molecule has 0 saturated heterocycles. The molecule has 0 bridgehead atoms. The molecule has 1 rings (SSSR count). The molecule has 0 fully saturated rings. The standard InChI is InChI=1S/C14H22N2O2/c1-7(2)9(4)16-14(18)13-8(3)12(11(6)17)10(5)15-13/h7,9,15H,1-6H3,(H,16,18)/t9-/m0/s1. The summed E-state index contributed by atoms with van der Waals surface area (Å²) in [6.45, 7) is 11.2. The normalized spacial score (nSPS) is 12.6. The maximum Gasteiger partial charge on any atom is 0.268 e. The Balaban J connectivity index is 3.01. The first-order valence-electron chi connectivity index (χ1n) is 6.26. The minimum atomic E-state index is -0.149. The van der Waals surface area contributed by atoms with Gasteiger partial charge in [-0.05, 0) is 39.2 Å². The lowest BCUT2D eigenvalue weighted by molar-refractivity contribution is 0.0925. The van der Waals surface area contributed by atoms with E-state index in [0.717, 1.165) is 11.3 Å². The summed E-state index contributed by atoms with van der Waals surface area (Å²) in [5.74, 6) is 0.208. The van der Waals surface area contributed by atoms with Crippen molar-refractivity contribution in [2.45, 2.75) is 47.6 Å². The van der Waals surface area contributed by atoms with Gasteiger partial charge in [0.25, 0.3) is 5.91 Å². The summed E-state index contributed by atoms with van der Waals surface area (Å²) in [7, 11) is 0. The summed E-state index contributed by atoms with van der Waals surface area (Å²) in [5.41, 5.74) is 2.60. The van der Waals surface area contributed by atoms with Crippen LogP contribution in [0.25, 0.3) is 0 Å². The van der Waals surface area contributed by atoms with Crippen molar-refractivity contribution in [1.29, 1.82) is 0 Å². The zero-order valence-corrected chi connectivity index (χ0v) is 12.0. The molecule has 4 nitrogen and oxygen atoms in total. The predicted octanol–water partition coefficient (Wildman–Crippen LogP) is 2.61. The Labute approximate surface area is 108 Å². The predicted molar refractivity (Wildman–Crippen MR) is 72.0 cm³/mol. The van der Waals surface area contributed by atoms with Gasteiger partial charge in [-0.15, -0.1) is 0 Å². The van der Waals surface area contributed by atoms with Crippen LogP contribution < -0.4 is 5.32 Å². The summed E-state index contributed by atoms with van der Waals surface area (Å²) in [6, 6.07) is 0.0984. The maximum atomic E-state index is 12.1. The maximum absolute atomic E-state index is 12.1. The van der Waals surface area contributed by atoms with Gasteiger partial charge < -0.3 is 10.3 Å². The largest absolute Gasteiger partial charge is 0.354 e. The number of nitrogens with one attached hydrogen (secondary N) is 2. The van der Waals surface area contributed by atoms with E-state index in [0.29, 0.717) is 17.2 Å². The van der Waals surface area contributed by atoms with Crippen LogP contribution in [0.1, 0.15) is 59.8 Å². The third-order valence-corrected chi connectivity index (χ3v) is 3.38. The van der Waals surface area contributed by atoms with Crippen molar-refractivity contribution in [2.24, 2.45) is 5.92 Å². The molecule has 0 aliphatic heterocycles. The number of rotatable bonds is 4. The van der Waals surface area contributed by atoms with Crippen molar-refractivity contribution >= 4 is 11.7 Å². The van der Waals surface area contributed by atoms with E-state index in [1.807, 2.05) is 13.8 Å². The molecule has 0 unspecified atom stereocenters. The first-order chi connectivity index (χ1) is 8.25. The van der Waals surface area contributed by atoms with Gasteiger partial charge in [0.2, 0.25) is 0 Å². The van der Waals surface area contributed by atoms with Crippen LogP contribution >= 0.6 is 0 Å². The quantitative estimate of drug-likeness (QED) is 0.807. The van der Waals surface area contributed by atoms with Gasteiger partial charge in [-0.25, -0.2) is 0 Å². The number of H-pyrrole nitrogens is 1. The van der Waals surface area contributed by atoms with Crippen LogP contribution in [0.2, 0.25) is 0 Å². The average molecular weight is 250 g/mol. The van der Waals surface area contributed by atoms with E-state index < -0.39 is 0 Å². The smallest absolute Gasteiger partial charge is 0.268 e. The molecule has 100 valence electrons. The number of aromatic amines is 1. The number of carbonyl (C=O) groups excluding carboxylic acids is 2. The van der Waals surface area contributed by atoms with E-state index in [2.05, 4.69) is 24.1 Å². The lowest BCUT2D eigenvalue weighted by atomic mass is 10.0. The summed E-state index contributed by atoms with van der Waals surface area (Å²) >= 11 is 0. The number of hydrogen-bond acceptors (Lipinski definition) is 2. The highest BCUT2D eigenvalue weighted by Gasteiger charge is 2.21. The van der Waals surface area contributed by atoms with Crippen LogP contribution in [-0.2, 0) is 0 Å². The highest BCUT2D eigenvalue weighted by Crippen LogP contribution is 2.18. The molecule has 1 aromatic rings. The van der Waals surface area contributed by atoms with E-state index in [1.165, 1.54) is 6.92 Å². The number of carbonyl (C=O) groups is 2. The minimum absolute atomic E-state index is 0.0165. The summed E-state index contributed by atoms with van der Waals surface area (Å²) in [5, 5.41) is 2.93. The Hall–Kier alpha value is -1.58. The highest BCUT2D eigenvalue weighted by atomic mass is 16.2. The fourth-order valence-electron chi connectivity index (χ4n) is 1.95. The van der Waals surface area contributed by atoms with E-state index in [1.54, 1.807) is 6.92 Å². The molecule has 0 radical (unpaired) electrons. The summed E-state index contributed by atoms with van der Waals surface area (Å²) in [6.07, 6.45) is 0. The molecule has 0 saturated carbocycles. The zero-order valence-electron chi connectivity index (χ0n) is 12.0. The van der Waals surface area contributed by atoms with E-state index in [4.69, 9.17) is 0 Å². The van der Waals surface area contributed by atoms with E-state index >= 15 is 0 Å². The third kappa shape index (κ3) is 2.81. The Bertz CT molecular complexity index is 472. The molecule has 2 N–H and O–H groups in total. The van der Waals surface area contributed by atoms with Crippen LogP contribution in [-0.4, -0.2) is 22.7 Å². The molecule has 1 amide bonds. The highest BCUT2D eigenvalue weighted by molar-refractivity contribution is 6.02. The van der Waals surface area contributed by atoms with Crippen LogP contribution in [0, 0.1) is 19.8 Å². The molecule has 0 spiro atoms. The molecule has 18 heavy (non-hydrogen) atoms. The van der Waals surface area contributed by atoms with Crippen molar-refractivity contribution in [2.75, 3.05) is 0 Å². The minimum Gasteiger partial charge on any atom is -0.354 e. The lowest BCUT2D eigenvalue weighted by Gasteiger charge is -2.17. The number of aryl methyl sites for hydroxylation is 1. The number of amides is 1. The van der Waals surface area contributed by atoms with Gasteiger partial charge in [0.15, 0.2) is 5.78 Å². The van der Waals surface area contributed by atoms with E-state index in [9.17, 15) is 9.59 Å². The summed E-state index contributed by atoms with van der Waals surface area (Å²) in [4.78, 5) is 26.6.